The Morgan fingerprint density at radius 2 is 1.84 bits per heavy atom. The number of halogens is 2. The summed E-state index contributed by atoms with van der Waals surface area (Å²) in [5, 5.41) is 18.7. The molecule has 0 spiro atoms. The largest absolute Gasteiger partial charge is 0.493 e. The first-order chi connectivity index (χ1) is 18.5. The van der Waals surface area contributed by atoms with Crippen molar-refractivity contribution in [3.8, 4) is 11.8 Å². The van der Waals surface area contributed by atoms with Crippen molar-refractivity contribution < 1.29 is 13.5 Å². The number of thiazole rings is 1. The molecule has 1 saturated heterocycles. The molecule has 38 heavy (non-hydrogen) atoms. The van der Waals surface area contributed by atoms with Crippen LogP contribution in [0.25, 0.3) is 21.2 Å². The van der Waals surface area contributed by atoms with E-state index in [4.69, 9.17) is 4.74 Å². The van der Waals surface area contributed by atoms with Gasteiger partial charge in [-0.05, 0) is 55.7 Å². The number of azo groups is 1. The Kier molecular flexibility index (Phi) is 8.05. The Hall–Kier alpha value is -3.68. The van der Waals surface area contributed by atoms with Gasteiger partial charge in [0.1, 0.15) is 28.3 Å². The van der Waals surface area contributed by atoms with Crippen molar-refractivity contribution in [1.29, 1.82) is 5.26 Å². The average Bonchev–Trinajstić information content (AvgIpc) is 3.64. The number of hydrogen-bond donors (Lipinski definition) is 0. The number of unbranched alkanes of at least 4 members (excludes halogenated alkanes) is 1. The van der Waals surface area contributed by atoms with Gasteiger partial charge in [0.15, 0.2) is 0 Å². The van der Waals surface area contributed by atoms with Crippen LogP contribution in [0.15, 0.2) is 52.7 Å². The van der Waals surface area contributed by atoms with E-state index in [1.54, 1.807) is 0 Å². The minimum absolute atomic E-state index is 0.105. The summed E-state index contributed by atoms with van der Waals surface area (Å²) in [6, 6.07) is 14.0. The maximum Gasteiger partial charge on any atom is 0.231 e. The summed E-state index contributed by atoms with van der Waals surface area (Å²) in [4.78, 5) is 8.26. The summed E-state index contributed by atoms with van der Waals surface area (Å²) in [6.07, 6.45) is 5.63. The van der Waals surface area contributed by atoms with Gasteiger partial charge in [-0.15, -0.1) is 21.6 Å². The van der Waals surface area contributed by atoms with E-state index in [1.807, 2.05) is 31.2 Å². The smallest absolute Gasteiger partial charge is 0.231 e. The minimum atomic E-state index is -0.836. The predicted molar refractivity (Wildman–Crippen MR) is 150 cm³/mol. The van der Waals surface area contributed by atoms with Crippen molar-refractivity contribution in [2.24, 2.45) is 10.2 Å². The highest BCUT2D eigenvalue weighted by Gasteiger charge is 2.18. The van der Waals surface area contributed by atoms with Crippen molar-refractivity contribution in [3.05, 3.63) is 64.5 Å². The zero-order valence-corrected chi connectivity index (χ0v) is 22.4. The van der Waals surface area contributed by atoms with Gasteiger partial charge in [0.2, 0.25) is 5.13 Å². The van der Waals surface area contributed by atoms with Crippen molar-refractivity contribution in [2.45, 2.75) is 32.6 Å². The number of rotatable bonds is 9. The van der Waals surface area contributed by atoms with Crippen LogP contribution in [-0.4, -0.2) is 24.7 Å². The standard InChI is InChI=1S/C28H25F2N5OS2/c1-2-3-12-36-21-14-23(29)26(24(30)15-21)18(17-31)13-22-16-25-27(37-22)32-28(38-25)34-33-19-6-8-20(9-7-19)35-10-4-5-11-35/h6-9,13-16H,2-5,10-12H2,1H3/b18-13+,34-33?. The number of anilines is 1. The molecule has 0 radical (unpaired) electrons. The number of benzene rings is 2. The van der Waals surface area contributed by atoms with Crippen LogP contribution < -0.4 is 9.64 Å². The van der Waals surface area contributed by atoms with Crippen LogP contribution in [0.4, 0.5) is 25.3 Å². The van der Waals surface area contributed by atoms with Gasteiger partial charge in [-0.2, -0.15) is 5.26 Å². The highest BCUT2D eigenvalue weighted by atomic mass is 32.1. The second-order valence-corrected chi connectivity index (χ2v) is 10.9. The van der Waals surface area contributed by atoms with Crippen LogP contribution in [0.5, 0.6) is 5.75 Å². The number of nitrogens with zero attached hydrogens (tertiary/aromatic N) is 5. The molecule has 0 atom stereocenters. The molecule has 5 rings (SSSR count). The predicted octanol–water partition coefficient (Wildman–Crippen LogP) is 8.89. The highest BCUT2D eigenvalue weighted by molar-refractivity contribution is 7.29. The van der Waals surface area contributed by atoms with E-state index in [0.717, 1.165) is 53.3 Å². The maximum atomic E-state index is 14.7. The molecular formula is C28H25F2N5OS2. The molecule has 1 fully saturated rings. The topological polar surface area (TPSA) is 73.9 Å². The van der Waals surface area contributed by atoms with Gasteiger partial charge in [-0.3, -0.25) is 0 Å². The van der Waals surface area contributed by atoms with Gasteiger partial charge >= 0.3 is 0 Å². The molecule has 0 N–H and O–H groups in total. The summed E-state index contributed by atoms with van der Waals surface area (Å²) >= 11 is 2.68. The van der Waals surface area contributed by atoms with Gasteiger partial charge in [0, 0.05) is 35.8 Å². The first-order valence-electron chi connectivity index (χ1n) is 12.4. The Labute approximate surface area is 227 Å². The fourth-order valence-corrected chi connectivity index (χ4v) is 6.17. The van der Waals surface area contributed by atoms with Crippen LogP contribution >= 0.6 is 22.7 Å². The van der Waals surface area contributed by atoms with Crippen molar-refractivity contribution in [1.82, 2.24) is 4.98 Å². The molecule has 0 bridgehead atoms. The number of aromatic nitrogens is 1. The lowest BCUT2D eigenvalue weighted by atomic mass is 10.0. The van der Waals surface area contributed by atoms with Crippen LogP contribution in [0.1, 0.15) is 43.0 Å². The first-order valence-corrected chi connectivity index (χ1v) is 14.1. The van der Waals surface area contributed by atoms with Crippen LogP contribution in [0.2, 0.25) is 0 Å². The third-order valence-electron chi connectivity index (χ3n) is 6.13. The van der Waals surface area contributed by atoms with Gasteiger partial charge in [-0.1, -0.05) is 24.7 Å². The zero-order chi connectivity index (χ0) is 26.5. The Morgan fingerprint density at radius 1 is 1.11 bits per heavy atom. The van der Waals surface area contributed by atoms with E-state index in [2.05, 4.69) is 32.2 Å². The number of hydrogen-bond acceptors (Lipinski definition) is 8. The molecule has 4 aromatic rings. The average molecular weight is 550 g/mol. The number of fused-ring (bicyclic) bond motifs is 1. The van der Waals surface area contributed by atoms with E-state index >= 15 is 0 Å². The van der Waals surface area contributed by atoms with Gasteiger partial charge in [0.05, 0.1) is 28.1 Å². The van der Waals surface area contributed by atoms with E-state index in [0.29, 0.717) is 16.6 Å². The summed E-state index contributed by atoms with van der Waals surface area (Å²) in [7, 11) is 0. The second-order valence-electron chi connectivity index (χ2n) is 8.86. The molecule has 2 aromatic carbocycles. The number of nitriles is 1. The maximum absolute atomic E-state index is 14.7. The summed E-state index contributed by atoms with van der Waals surface area (Å²) in [6.45, 7) is 4.56. The molecule has 1 aliphatic heterocycles. The van der Waals surface area contributed by atoms with E-state index < -0.39 is 11.6 Å². The van der Waals surface area contributed by atoms with Crippen LogP contribution in [-0.2, 0) is 0 Å². The Bertz CT molecular complexity index is 1470. The fraction of sp³-hybridized carbons (Fsp3) is 0.286. The van der Waals surface area contributed by atoms with Gasteiger partial charge < -0.3 is 9.64 Å². The quantitative estimate of drug-likeness (QED) is 0.119. The Balaban J connectivity index is 1.31. The van der Waals surface area contributed by atoms with Gasteiger partial charge in [-0.25, -0.2) is 13.8 Å². The molecule has 3 heterocycles. The van der Waals surface area contributed by atoms with Gasteiger partial charge in [0.25, 0.3) is 0 Å². The molecule has 194 valence electrons. The van der Waals surface area contributed by atoms with Crippen molar-refractivity contribution >= 4 is 60.4 Å². The fourth-order valence-electron chi connectivity index (χ4n) is 4.19. The molecule has 1 aliphatic rings. The van der Waals surface area contributed by atoms with E-state index in [1.165, 1.54) is 47.3 Å². The number of thiophene rings is 1. The molecule has 6 nitrogen and oxygen atoms in total. The molecule has 2 aromatic heterocycles. The van der Waals surface area contributed by atoms with Crippen LogP contribution in [0, 0.1) is 23.0 Å². The number of ether oxygens (including phenoxy) is 1. The lowest BCUT2D eigenvalue weighted by Crippen LogP contribution is -2.17. The lowest BCUT2D eigenvalue weighted by Gasteiger charge is -2.17. The third-order valence-corrected chi connectivity index (χ3v) is 8.12. The minimum Gasteiger partial charge on any atom is -0.493 e. The molecule has 0 saturated carbocycles. The van der Waals surface area contributed by atoms with Crippen molar-refractivity contribution in [2.75, 3.05) is 24.6 Å². The number of allylic oxidation sites excluding steroid dienone is 1. The zero-order valence-electron chi connectivity index (χ0n) is 20.8. The third kappa shape index (κ3) is 5.90. The lowest BCUT2D eigenvalue weighted by molar-refractivity contribution is 0.306. The normalized spacial score (nSPS) is 14.1. The first kappa shape index (κ1) is 25.9. The molecule has 0 amide bonds. The SMILES string of the molecule is CCCCOc1cc(F)c(/C(C#N)=C/c2cc3sc(N=Nc4ccc(N5CCCC5)cc4)nc3s2)c(F)c1. The molecule has 0 unspecified atom stereocenters. The van der Waals surface area contributed by atoms with Crippen molar-refractivity contribution in [3.63, 3.8) is 0 Å². The molecule has 10 heteroatoms. The molecule has 0 aliphatic carbocycles. The summed E-state index contributed by atoms with van der Waals surface area (Å²) in [5.74, 6) is -1.56. The monoisotopic (exact) mass is 549 g/mol. The summed E-state index contributed by atoms with van der Waals surface area (Å²) in [5.41, 5.74) is 1.47. The highest BCUT2D eigenvalue weighted by Crippen LogP contribution is 2.37. The van der Waals surface area contributed by atoms with E-state index in [9.17, 15) is 14.0 Å². The van der Waals surface area contributed by atoms with Crippen LogP contribution in [0.3, 0.4) is 0 Å². The Morgan fingerprint density at radius 3 is 2.50 bits per heavy atom. The summed E-state index contributed by atoms with van der Waals surface area (Å²) < 4.78 is 35.7. The van der Waals surface area contributed by atoms with E-state index in [-0.39, 0.29) is 16.9 Å². The molecular weight excluding hydrogens is 524 g/mol. The second kappa shape index (κ2) is 11.8.